The summed E-state index contributed by atoms with van der Waals surface area (Å²) in [5.41, 5.74) is 2.24. The number of nitrogens with one attached hydrogen (secondary N) is 1. The van der Waals surface area contributed by atoms with E-state index in [0.29, 0.717) is 32.4 Å². The minimum absolute atomic E-state index is 0.113. The molecule has 7 nitrogen and oxygen atoms in total. The summed E-state index contributed by atoms with van der Waals surface area (Å²) in [7, 11) is 0. The highest BCUT2D eigenvalue weighted by Gasteiger charge is 2.50. The summed E-state index contributed by atoms with van der Waals surface area (Å²) in [5.74, 6) is -2.71. The zero-order chi connectivity index (χ0) is 20.8. The Kier molecular flexibility index (Phi) is 4.87. The monoisotopic (exact) mass is 411 g/mol. The third-order valence-electron chi connectivity index (χ3n) is 5.78. The Morgan fingerprint density at radius 1 is 1.17 bits per heavy atom. The number of rotatable bonds is 3. The first kappa shape index (κ1) is 19.5. The van der Waals surface area contributed by atoms with Crippen LogP contribution in [0.4, 0.5) is 18.0 Å². The van der Waals surface area contributed by atoms with Crippen molar-refractivity contribution in [1.82, 2.24) is 15.1 Å². The van der Waals surface area contributed by atoms with Crippen molar-refractivity contribution in [3.05, 3.63) is 35.4 Å². The van der Waals surface area contributed by atoms with E-state index in [2.05, 4.69) is 0 Å². The van der Waals surface area contributed by atoms with Gasteiger partial charge in [0.15, 0.2) is 0 Å². The predicted octanol–water partition coefficient (Wildman–Crippen LogP) is 1.77. The molecule has 4 rings (SSSR count). The van der Waals surface area contributed by atoms with E-state index in [1.807, 2.05) is 24.3 Å². The largest absolute Gasteiger partial charge is 0.471 e. The number of carbonyl (C=O) groups excluding carboxylic acids is 3. The van der Waals surface area contributed by atoms with Crippen molar-refractivity contribution in [2.24, 2.45) is 0 Å². The molecule has 2 unspecified atom stereocenters. The van der Waals surface area contributed by atoms with Gasteiger partial charge in [-0.3, -0.25) is 14.5 Å². The fraction of sp³-hybridized carbons (Fsp3) is 0.526. The van der Waals surface area contributed by atoms with Crippen LogP contribution in [0.5, 0.6) is 0 Å². The van der Waals surface area contributed by atoms with Gasteiger partial charge in [0, 0.05) is 25.6 Å². The highest BCUT2D eigenvalue weighted by Crippen LogP contribution is 2.44. The first-order valence-electron chi connectivity index (χ1n) is 9.45. The molecule has 2 heterocycles. The van der Waals surface area contributed by atoms with E-state index in [0.717, 1.165) is 11.1 Å². The lowest BCUT2D eigenvalue weighted by Gasteiger charge is -2.38. The lowest BCUT2D eigenvalue weighted by molar-refractivity contribution is -0.174. The number of carbonyl (C=O) groups is 3. The van der Waals surface area contributed by atoms with E-state index in [1.54, 1.807) is 10.2 Å². The van der Waals surface area contributed by atoms with Crippen molar-refractivity contribution in [3.63, 3.8) is 0 Å². The smallest absolute Gasteiger partial charge is 0.443 e. The maximum atomic E-state index is 12.5. The molecule has 156 valence electrons. The third kappa shape index (κ3) is 3.63. The second-order valence-corrected chi connectivity index (χ2v) is 7.47. The summed E-state index contributed by atoms with van der Waals surface area (Å²) >= 11 is 0. The summed E-state index contributed by atoms with van der Waals surface area (Å²) in [6, 6.07) is 7.65. The van der Waals surface area contributed by atoms with E-state index in [-0.39, 0.29) is 24.3 Å². The molecule has 3 aliphatic rings. The summed E-state index contributed by atoms with van der Waals surface area (Å²) in [5, 5.41) is 1.59. The van der Waals surface area contributed by atoms with E-state index in [4.69, 9.17) is 4.74 Å². The molecule has 29 heavy (non-hydrogen) atoms. The van der Waals surface area contributed by atoms with Crippen LogP contribution in [0.15, 0.2) is 24.3 Å². The Balaban J connectivity index is 1.36. The maximum absolute atomic E-state index is 12.5. The molecule has 0 aromatic heterocycles. The fourth-order valence-electron chi connectivity index (χ4n) is 4.41. The molecule has 1 aromatic rings. The van der Waals surface area contributed by atoms with Gasteiger partial charge >= 0.3 is 18.2 Å². The minimum Gasteiger partial charge on any atom is -0.443 e. The van der Waals surface area contributed by atoms with Crippen molar-refractivity contribution in [1.29, 1.82) is 0 Å². The highest BCUT2D eigenvalue weighted by molar-refractivity contribution is 5.87. The molecular weight excluding hydrogens is 391 g/mol. The van der Waals surface area contributed by atoms with Crippen LogP contribution in [0.25, 0.3) is 0 Å². The van der Waals surface area contributed by atoms with Crippen LogP contribution in [-0.4, -0.2) is 65.7 Å². The summed E-state index contributed by atoms with van der Waals surface area (Å²) < 4.78 is 42.2. The van der Waals surface area contributed by atoms with Gasteiger partial charge in [-0.2, -0.15) is 13.2 Å². The van der Waals surface area contributed by atoms with Gasteiger partial charge < -0.3 is 15.0 Å². The van der Waals surface area contributed by atoms with E-state index >= 15 is 0 Å². The molecule has 3 amide bonds. The van der Waals surface area contributed by atoms with Gasteiger partial charge in [0.05, 0.1) is 12.6 Å². The highest BCUT2D eigenvalue weighted by atomic mass is 19.4. The summed E-state index contributed by atoms with van der Waals surface area (Å²) in [4.78, 5) is 38.6. The average molecular weight is 411 g/mol. The second-order valence-electron chi connectivity index (χ2n) is 7.47. The molecule has 10 heteroatoms. The van der Waals surface area contributed by atoms with Crippen LogP contribution in [0.3, 0.4) is 0 Å². The van der Waals surface area contributed by atoms with Crippen molar-refractivity contribution < 1.29 is 32.3 Å². The van der Waals surface area contributed by atoms with E-state index < -0.39 is 24.5 Å². The van der Waals surface area contributed by atoms with Crippen LogP contribution < -0.4 is 5.32 Å². The quantitative estimate of drug-likeness (QED) is 0.823. The zero-order valence-corrected chi connectivity index (χ0v) is 15.4. The molecular formula is C19H20F3N3O4. The molecule has 2 fully saturated rings. The molecule has 1 N–H and O–H groups in total. The minimum atomic E-state index is -5.02. The number of nitrogens with zero attached hydrogens (tertiary/aromatic N) is 2. The molecule has 0 radical (unpaired) electrons. The number of ether oxygens (including phenoxy) is 1. The van der Waals surface area contributed by atoms with Crippen LogP contribution in [0, 0.1) is 0 Å². The number of alkyl halides is 3. The fourth-order valence-corrected chi connectivity index (χ4v) is 4.41. The number of piperidine rings is 1. The standard InChI is InChI=1S/C19H20F3N3O4/c20-19(21,22)17(27)23-10-15(26)24-7-5-12(6-8-24)25-16-13-4-2-1-3-11(13)9-14(16)29-18(25)28/h1-4,12,14,16H,5-10H2,(H,23,27). The molecule has 0 bridgehead atoms. The molecule has 0 spiro atoms. The summed E-state index contributed by atoms with van der Waals surface area (Å²) in [6.07, 6.45) is -3.91. The normalized spacial score (nSPS) is 24.2. The molecule has 2 atom stereocenters. The van der Waals surface area contributed by atoms with Crippen molar-refractivity contribution in [2.75, 3.05) is 19.6 Å². The van der Waals surface area contributed by atoms with Crippen molar-refractivity contribution in [3.8, 4) is 0 Å². The maximum Gasteiger partial charge on any atom is 0.471 e. The SMILES string of the molecule is O=C(CNC(=O)C(F)(F)F)N1CCC(N2C(=O)OC3Cc4ccccc4C32)CC1. The van der Waals surface area contributed by atoms with E-state index in [9.17, 15) is 27.6 Å². The van der Waals surface area contributed by atoms with Crippen LogP contribution >= 0.6 is 0 Å². The number of hydrogen-bond acceptors (Lipinski definition) is 4. The first-order chi connectivity index (χ1) is 13.8. The second kappa shape index (κ2) is 7.23. The van der Waals surface area contributed by atoms with Gasteiger partial charge in [0.1, 0.15) is 6.10 Å². The van der Waals surface area contributed by atoms with Crippen LogP contribution in [-0.2, 0) is 20.7 Å². The molecule has 2 saturated heterocycles. The van der Waals surface area contributed by atoms with Crippen molar-refractivity contribution >= 4 is 17.9 Å². The number of amides is 3. The molecule has 0 saturated carbocycles. The van der Waals surface area contributed by atoms with Crippen molar-refractivity contribution in [2.45, 2.75) is 43.6 Å². The van der Waals surface area contributed by atoms with Gasteiger partial charge in [-0.1, -0.05) is 24.3 Å². The lowest BCUT2D eigenvalue weighted by Crippen LogP contribution is -2.50. The van der Waals surface area contributed by atoms with E-state index in [1.165, 1.54) is 4.90 Å². The number of fused-ring (bicyclic) bond motifs is 3. The van der Waals surface area contributed by atoms with Crippen LogP contribution in [0.1, 0.15) is 30.0 Å². The topological polar surface area (TPSA) is 79.0 Å². The number of halogens is 3. The first-order valence-corrected chi connectivity index (χ1v) is 9.45. The molecule has 2 aliphatic heterocycles. The van der Waals surface area contributed by atoms with Crippen LogP contribution in [0.2, 0.25) is 0 Å². The Morgan fingerprint density at radius 2 is 1.86 bits per heavy atom. The van der Waals surface area contributed by atoms with Gasteiger partial charge in [-0.05, 0) is 24.0 Å². The Hall–Kier alpha value is -2.78. The molecule has 1 aliphatic carbocycles. The van der Waals surface area contributed by atoms with Gasteiger partial charge in [-0.15, -0.1) is 0 Å². The lowest BCUT2D eigenvalue weighted by atomic mass is 9.99. The molecule has 1 aromatic carbocycles. The van der Waals surface area contributed by atoms with Gasteiger partial charge in [-0.25, -0.2) is 4.79 Å². The van der Waals surface area contributed by atoms with Gasteiger partial charge in [0.2, 0.25) is 5.91 Å². The Morgan fingerprint density at radius 3 is 2.55 bits per heavy atom. The number of likely N-dealkylation sites (tertiary alicyclic amines) is 1. The predicted molar refractivity (Wildman–Crippen MR) is 93.7 cm³/mol. The van der Waals surface area contributed by atoms with Gasteiger partial charge in [0.25, 0.3) is 0 Å². The average Bonchev–Trinajstić information content (AvgIpc) is 3.19. The number of hydrogen-bond donors (Lipinski definition) is 1. The Labute approximate surface area is 164 Å². The third-order valence-corrected chi connectivity index (χ3v) is 5.78. The summed E-state index contributed by atoms with van der Waals surface area (Å²) in [6.45, 7) is -0.102. The number of benzene rings is 1. The zero-order valence-electron chi connectivity index (χ0n) is 15.4. The Bertz CT molecular complexity index is 836.